The monoisotopic (exact) mass is 417 g/mol. The van der Waals surface area contributed by atoms with Crippen molar-refractivity contribution < 1.29 is 34.0 Å². The predicted octanol–water partition coefficient (Wildman–Crippen LogP) is 3.02. The van der Waals surface area contributed by atoms with Gasteiger partial charge < -0.3 is 29.4 Å². The number of aromatic nitrogens is 1. The van der Waals surface area contributed by atoms with Gasteiger partial charge in [0.1, 0.15) is 12.2 Å². The number of aromatic amines is 1. The Bertz CT molecular complexity index is 906. The van der Waals surface area contributed by atoms with Crippen molar-refractivity contribution in [3.63, 3.8) is 0 Å². The van der Waals surface area contributed by atoms with Gasteiger partial charge in [0.05, 0.1) is 17.8 Å². The molecule has 1 saturated heterocycles. The van der Waals surface area contributed by atoms with Crippen LogP contribution in [0.25, 0.3) is 10.9 Å². The molecule has 0 radical (unpaired) electrons. The molecular weight excluding hydrogens is 390 g/mol. The van der Waals surface area contributed by atoms with E-state index in [2.05, 4.69) is 4.98 Å². The average Bonchev–Trinajstić information content (AvgIpc) is 3.13. The number of rotatable bonds is 8. The maximum absolute atomic E-state index is 12.6. The molecule has 0 aliphatic carbocycles. The van der Waals surface area contributed by atoms with Crippen LogP contribution >= 0.6 is 0 Å². The highest BCUT2D eigenvalue weighted by Gasteiger charge is 2.38. The van der Waals surface area contributed by atoms with E-state index in [1.165, 1.54) is 0 Å². The van der Waals surface area contributed by atoms with Gasteiger partial charge in [-0.15, -0.1) is 0 Å². The van der Waals surface area contributed by atoms with Crippen LogP contribution in [0.4, 0.5) is 0 Å². The lowest BCUT2D eigenvalue weighted by atomic mass is 10.0. The standard InChI is InChI=1S/C22H27NO7/c1-13(7-3-6-10-20(25)26)28-22-18(24)11-19(14(2)29-22)30-21(27)16-12-23-17-9-5-4-8-15(16)17/h4-6,8-10,12-14,18-19,22-24H,3,7,11H2,1-2H3,(H,25,26)/b10-6+/t13-,14+,18-,19-,22-/m1/s1. The Morgan fingerprint density at radius 1 is 1.37 bits per heavy atom. The van der Waals surface area contributed by atoms with Gasteiger partial charge in [-0.05, 0) is 32.8 Å². The highest BCUT2D eigenvalue weighted by Crippen LogP contribution is 2.27. The second kappa shape index (κ2) is 9.88. The summed E-state index contributed by atoms with van der Waals surface area (Å²) in [6, 6.07) is 7.45. The highest BCUT2D eigenvalue weighted by atomic mass is 16.7. The maximum atomic E-state index is 12.6. The van der Waals surface area contributed by atoms with Crippen molar-refractivity contribution in [2.24, 2.45) is 0 Å². The fourth-order valence-electron chi connectivity index (χ4n) is 3.45. The van der Waals surface area contributed by atoms with Crippen molar-refractivity contribution in [2.45, 2.75) is 63.8 Å². The van der Waals surface area contributed by atoms with E-state index in [0.29, 0.717) is 18.4 Å². The summed E-state index contributed by atoms with van der Waals surface area (Å²) >= 11 is 0. The van der Waals surface area contributed by atoms with Gasteiger partial charge in [-0.2, -0.15) is 0 Å². The number of carboxylic acid groups (broad SMARTS) is 1. The summed E-state index contributed by atoms with van der Waals surface area (Å²) in [7, 11) is 0. The second-order valence-corrected chi connectivity index (χ2v) is 7.47. The number of allylic oxidation sites excluding steroid dienone is 1. The van der Waals surface area contributed by atoms with Gasteiger partial charge in [-0.1, -0.05) is 24.3 Å². The molecule has 2 aromatic rings. The Morgan fingerprint density at radius 3 is 2.90 bits per heavy atom. The molecule has 3 N–H and O–H groups in total. The van der Waals surface area contributed by atoms with Gasteiger partial charge in [0, 0.05) is 29.6 Å². The third-order valence-corrected chi connectivity index (χ3v) is 5.09. The SMILES string of the molecule is C[C@H](CC/C=C/C(=O)O)O[C@@H]1O[C@@H](C)[C@H](OC(=O)c2c[nH]c3ccccc23)C[C@H]1O. The first kappa shape index (κ1) is 22.0. The number of aliphatic hydroxyl groups excluding tert-OH is 1. The summed E-state index contributed by atoms with van der Waals surface area (Å²) in [5.41, 5.74) is 1.28. The van der Waals surface area contributed by atoms with Crippen LogP contribution in [0, 0.1) is 0 Å². The number of carboxylic acids is 1. The number of ether oxygens (including phenoxy) is 3. The zero-order valence-electron chi connectivity index (χ0n) is 17.0. The molecule has 0 amide bonds. The van der Waals surface area contributed by atoms with E-state index in [1.807, 2.05) is 31.2 Å². The van der Waals surface area contributed by atoms with Gasteiger partial charge in [0.2, 0.25) is 0 Å². The molecule has 0 saturated carbocycles. The number of H-pyrrole nitrogens is 1. The third-order valence-electron chi connectivity index (χ3n) is 5.09. The minimum atomic E-state index is -0.989. The van der Waals surface area contributed by atoms with Crippen LogP contribution < -0.4 is 0 Å². The Labute approximate surface area is 174 Å². The summed E-state index contributed by atoms with van der Waals surface area (Å²) in [6.07, 6.45) is 2.52. The van der Waals surface area contributed by atoms with Crippen LogP contribution in [-0.2, 0) is 19.0 Å². The van der Waals surface area contributed by atoms with E-state index >= 15 is 0 Å². The third kappa shape index (κ3) is 5.47. The number of hydrogen-bond donors (Lipinski definition) is 3. The fourth-order valence-corrected chi connectivity index (χ4v) is 3.45. The summed E-state index contributed by atoms with van der Waals surface area (Å²) in [6.45, 7) is 3.61. The molecule has 8 nitrogen and oxygen atoms in total. The average molecular weight is 417 g/mol. The fraction of sp³-hybridized carbons (Fsp3) is 0.455. The molecule has 1 aliphatic rings. The summed E-state index contributed by atoms with van der Waals surface area (Å²) in [4.78, 5) is 26.2. The number of fused-ring (bicyclic) bond motifs is 1. The molecule has 0 bridgehead atoms. The minimum Gasteiger partial charge on any atom is -0.478 e. The first-order chi connectivity index (χ1) is 14.3. The number of carbonyl (C=O) groups excluding carboxylic acids is 1. The van der Waals surface area contributed by atoms with Gasteiger partial charge in [-0.25, -0.2) is 9.59 Å². The van der Waals surface area contributed by atoms with Crippen LogP contribution in [0.3, 0.4) is 0 Å². The van der Waals surface area contributed by atoms with E-state index < -0.39 is 36.5 Å². The van der Waals surface area contributed by atoms with Crippen molar-refractivity contribution in [1.82, 2.24) is 4.98 Å². The summed E-state index contributed by atoms with van der Waals surface area (Å²) in [5, 5.41) is 19.8. The van der Waals surface area contributed by atoms with Crippen LogP contribution in [0.15, 0.2) is 42.6 Å². The van der Waals surface area contributed by atoms with Crippen molar-refractivity contribution in [2.75, 3.05) is 0 Å². The molecule has 1 aromatic heterocycles. The Kier molecular flexibility index (Phi) is 7.25. The summed E-state index contributed by atoms with van der Waals surface area (Å²) < 4.78 is 17.1. The smallest absolute Gasteiger partial charge is 0.340 e. The van der Waals surface area contributed by atoms with Crippen molar-refractivity contribution >= 4 is 22.8 Å². The molecule has 0 unspecified atom stereocenters. The molecule has 1 aromatic carbocycles. The van der Waals surface area contributed by atoms with Crippen molar-refractivity contribution in [3.8, 4) is 0 Å². The normalized spacial score (nSPS) is 25.4. The zero-order chi connectivity index (χ0) is 21.7. The topological polar surface area (TPSA) is 118 Å². The Morgan fingerprint density at radius 2 is 2.13 bits per heavy atom. The predicted molar refractivity (Wildman–Crippen MR) is 109 cm³/mol. The summed E-state index contributed by atoms with van der Waals surface area (Å²) in [5.74, 6) is -1.46. The highest BCUT2D eigenvalue weighted by molar-refractivity contribution is 6.04. The number of hydrogen-bond acceptors (Lipinski definition) is 6. The largest absolute Gasteiger partial charge is 0.478 e. The van der Waals surface area contributed by atoms with Gasteiger partial charge >= 0.3 is 11.9 Å². The van der Waals surface area contributed by atoms with E-state index in [4.69, 9.17) is 19.3 Å². The molecule has 5 atom stereocenters. The van der Waals surface area contributed by atoms with Crippen LogP contribution in [0.5, 0.6) is 0 Å². The van der Waals surface area contributed by atoms with Crippen LogP contribution in [-0.4, -0.2) is 57.8 Å². The molecular formula is C22H27NO7. The lowest BCUT2D eigenvalue weighted by Crippen LogP contribution is -2.49. The second-order valence-electron chi connectivity index (χ2n) is 7.47. The molecule has 162 valence electrons. The zero-order valence-corrected chi connectivity index (χ0v) is 17.0. The van der Waals surface area contributed by atoms with E-state index in [0.717, 1.165) is 17.0 Å². The number of aliphatic hydroxyl groups is 1. The van der Waals surface area contributed by atoms with Gasteiger partial charge in [-0.3, -0.25) is 0 Å². The Balaban J connectivity index is 1.53. The first-order valence-corrected chi connectivity index (χ1v) is 10.0. The van der Waals surface area contributed by atoms with E-state index in [-0.39, 0.29) is 12.5 Å². The molecule has 8 heteroatoms. The quantitative estimate of drug-likeness (QED) is 0.446. The Hall–Kier alpha value is -2.68. The minimum absolute atomic E-state index is 0.200. The van der Waals surface area contributed by atoms with Gasteiger partial charge in [0.25, 0.3) is 0 Å². The van der Waals surface area contributed by atoms with Crippen LogP contribution in [0.2, 0.25) is 0 Å². The molecule has 3 rings (SSSR count). The number of para-hydroxylation sites is 1. The molecule has 0 spiro atoms. The lowest BCUT2D eigenvalue weighted by molar-refractivity contribution is -0.273. The number of benzene rings is 1. The number of carbonyl (C=O) groups is 2. The number of esters is 1. The van der Waals surface area contributed by atoms with E-state index in [1.54, 1.807) is 19.2 Å². The van der Waals surface area contributed by atoms with Crippen LogP contribution in [0.1, 0.15) is 43.5 Å². The molecule has 1 aliphatic heterocycles. The lowest BCUT2D eigenvalue weighted by Gasteiger charge is -2.38. The number of nitrogens with one attached hydrogen (secondary N) is 1. The van der Waals surface area contributed by atoms with Crippen molar-refractivity contribution in [3.05, 3.63) is 48.2 Å². The molecule has 1 fully saturated rings. The molecule has 30 heavy (non-hydrogen) atoms. The van der Waals surface area contributed by atoms with Gasteiger partial charge in [0.15, 0.2) is 6.29 Å². The number of aliphatic carboxylic acids is 1. The van der Waals surface area contributed by atoms with E-state index in [9.17, 15) is 14.7 Å². The molecule has 2 heterocycles. The van der Waals surface area contributed by atoms with Crippen molar-refractivity contribution in [1.29, 1.82) is 0 Å². The maximum Gasteiger partial charge on any atom is 0.340 e. The first-order valence-electron chi connectivity index (χ1n) is 10.0.